The van der Waals surface area contributed by atoms with Crippen molar-refractivity contribution >= 4 is 0 Å². The molecule has 1 fully saturated rings. The molecule has 0 aromatic rings. The van der Waals surface area contributed by atoms with Crippen LogP contribution >= 0.6 is 0 Å². The molecule has 0 saturated heterocycles. The average molecular weight is 170 g/mol. The lowest BCUT2D eigenvalue weighted by atomic mass is 9.65. The monoisotopic (exact) mass is 170 g/mol. The first-order chi connectivity index (χ1) is 6.41. The van der Waals surface area contributed by atoms with Crippen molar-refractivity contribution in [1.29, 1.82) is 0 Å². The van der Waals surface area contributed by atoms with Crippen molar-refractivity contribution in [1.82, 2.24) is 0 Å². The Labute approximate surface area is 79.3 Å². The number of hydrogen-bond donors (Lipinski definition) is 0. The van der Waals surface area contributed by atoms with Crippen molar-refractivity contribution in [3.63, 3.8) is 0 Å². The fourth-order valence-corrected chi connectivity index (χ4v) is 2.58. The molecule has 1 spiro atoms. The molecule has 0 bridgehead atoms. The van der Waals surface area contributed by atoms with Crippen LogP contribution in [0.1, 0.15) is 25.7 Å². The van der Waals surface area contributed by atoms with Crippen LogP contribution in [-0.4, -0.2) is 0 Å². The molecule has 3 aliphatic carbocycles. The molecule has 0 heteroatoms. The van der Waals surface area contributed by atoms with Crippen LogP contribution in [0.15, 0.2) is 47.6 Å². The van der Waals surface area contributed by atoms with Crippen LogP contribution in [-0.2, 0) is 0 Å². The van der Waals surface area contributed by atoms with Crippen LogP contribution in [0.25, 0.3) is 0 Å². The Hall–Kier alpha value is -1.04. The highest BCUT2D eigenvalue weighted by Crippen LogP contribution is 2.53. The van der Waals surface area contributed by atoms with E-state index in [1.165, 1.54) is 24.8 Å². The van der Waals surface area contributed by atoms with Crippen molar-refractivity contribution in [2.24, 2.45) is 5.41 Å². The Morgan fingerprint density at radius 1 is 1.00 bits per heavy atom. The van der Waals surface area contributed by atoms with Crippen molar-refractivity contribution in [3.8, 4) is 0 Å². The third kappa shape index (κ3) is 0.918. The maximum Gasteiger partial charge on any atom is 0.0141 e. The maximum atomic E-state index is 2.42. The van der Waals surface area contributed by atoms with Crippen molar-refractivity contribution in [2.75, 3.05) is 0 Å². The highest BCUT2D eigenvalue weighted by atomic mass is 14.4. The predicted molar refractivity (Wildman–Crippen MR) is 55.3 cm³/mol. The van der Waals surface area contributed by atoms with Crippen LogP contribution < -0.4 is 0 Å². The molecule has 0 aromatic heterocycles. The zero-order chi connectivity index (χ0) is 8.73. The summed E-state index contributed by atoms with van der Waals surface area (Å²) in [5.41, 5.74) is 3.49. The molecule has 0 heterocycles. The lowest BCUT2D eigenvalue weighted by Crippen LogP contribution is -2.27. The largest absolute Gasteiger partial charge is 0.0804 e. The van der Waals surface area contributed by atoms with Gasteiger partial charge in [-0.15, -0.1) is 0 Å². The highest BCUT2D eigenvalue weighted by molar-refractivity contribution is 5.54. The minimum atomic E-state index is 0.459. The lowest BCUT2D eigenvalue weighted by molar-refractivity contribution is 0.267. The molecular formula is C13H14. The molecule has 0 atom stereocenters. The SMILES string of the molecule is C1=CC2=C(C=CC1)C1(C=C2)CCC1. The first kappa shape index (κ1) is 7.37. The van der Waals surface area contributed by atoms with Gasteiger partial charge in [0.15, 0.2) is 0 Å². The van der Waals surface area contributed by atoms with Gasteiger partial charge in [0.1, 0.15) is 0 Å². The van der Waals surface area contributed by atoms with Crippen LogP contribution in [0.3, 0.4) is 0 Å². The van der Waals surface area contributed by atoms with Gasteiger partial charge in [0.25, 0.3) is 0 Å². The molecule has 0 aliphatic heterocycles. The van der Waals surface area contributed by atoms with Crippen LogP contribution in [0.5, 0.6) is 0 Å². The number of allylic oxidation sites excluding steroid dienone is 8. The Bertz CT molecular complexity index is 346. The summed E-state index contributed by atoms with van der Waals surface area (Å²) in [6.07, 6.45) is 19.1. The van der Waals surface area contributed by atoms with E-state index >= 15 is 0 Å². The first-order valence-electron chi connectivity index (χ1n) is 5.18. The van der Waals surface area contributed by atoms with Crippen LogP contribution in [0, 0.1) is 5.41 Å². The molecule has 66 valence electrons. The van der Waals surface area contributed by atoms with Crippen molar-refractivity contribution in [3.05, 3.63) is 47.6 Å². The summed E-state index contributed by atoms with van der Waals surface area (Å²) in [6, 6.07) is 0. The van der Waals surface area contributed by atoms with Gasteiger partial charge in [-0.3, -0.25) is 0 Å². The predicted octanol–water partition coefficient (Wildman–Crippen LogP) is 3.54. The van der Waals surface area contributed by atoms with E-state index in [1.54, 1.807) is 5.57 Å². The van der Waals surface area contributed by atoms with Crippen molar-refractivity contribution in [2.45, 2.75) is 25.7 Å². The molecule has 0 nitrogen and oxygen atoms in total. The van der Waals surface area contributed by atoms with Gasteiger partial charge in [0.05, 0.1) is 0 Å². The fourth-order valence-electron chi connectivity index (χ4n) is 2.58. The second-order valence-electron chi connectivity index (χ2n) is 4.25. The standard InChI is InChI=1S/C13H14/c1-2-5-11-7-10-13(8-4-9-13)12(11)6-3-1/h2-3,5-7,10H,1,4,8-9H2. The molecule has 0 amide bonds. The fraction of sp³-hybridized carbons (Fsp3) is 0.385. The van der Waals surface area contributed by atoms with E-state index in [9.17, 15) is 0 Å². The summed E-state index contributed by atoms with van der Waals surface area (Å²) in [6.45, 7) is 0. The second-order valence-corrected chi connectivity index (χ2v) is 4.25. The summed E-state index contributed by atoms with van der Waals surface area (Å²) >= 11 is 0. The normalized spacial score (nSPS) is 27.7. The molecular weight excluding hydrogens is 156 g/mol. The zero-order valence-corrected chi connectivity index (χ0v) is 7.79. The first-order valence-corrected chi connectivity index (χ1v) is 5.18. The minimum Gasteiger partial charge on any atom is -0.0804 e. The Kier molecular flexibility index (Phi) is 1.40. The molecule has 13 heavy (non-hydrogen) atoms. The molecule has 0 aromatic carbocycles. The molecule has 3 aliphatic rings. The molecule has 1 saturated carbocycles. The summed E-state index contributed by atoms with van der Waals surface area (Å²) < 4.78 is 0. The van der Waals surface area contributed by atoms with Gasteiger partial charge < -0.3 is 0 Å². The summed E-state index contributed by atoms with van der Waals surface area (Å²) in [4.78, 5) is 0. The highest BCUT2D eigenvalue weighted by Gasteiger charge is 2.40. The smallest absolute Gasteiger partial charge is 0.0141 e. The zero-order valence-electron chi connectivity index (χ0n) is 7.79. The summed E-state index contributed by atoms with van der Waals surface area (Å²) in [5, 5.41) is 0. The van der Waals surface area contributed by atoms with Gasteiger partial charge in [-0.05, 0) is 30.4 Å². The third-order valence-electron chi connectivity index (χ3n) is 3.53. The Morgan fingerprint density at radius 3 is 2.62 bits per heavy atom. The van der Waals surface area contributed by atoms with E-state index in [0.717, 1.165) is 6.42 Å². The van der Waals surface area contributed by atoms with Gasteiger partial charge in [0, 0.05) is 5.41 Å². The van der Waals surface area contributed by atoms with Crippen molar-refractivity contribution < 1.29 is 0 Å². The molecule has 0 radical (unpaired) electrons. The van der Waals surface area contributed by atoms with Crippen LogP contribution in [0.4, 0.5) is 0 Å². The molecule has 0 N–H and O–H groups in total. The summed E-state index contributed by atoms with van der Waals surface area (Å²) in [5.74, 6) is 0. The maximum absolute atomic E-state index is 2.42. The minimum absolute atomic E-state index is 0.459. The van der Waals surface area contributed by atoms with Gasteiger partial charge >= 0.3 is 0 Å². The number of rotatable bonds is 0. The number of fused-ring (bicyclic) bond motifs is 1. The van der Waals surface area contributed by atoms with E-state index < -0.39 is 0 Å². The van der Waals surface area contributed by atoms with Gasteiger partial charge in [0.2, 0.25) is 0 Å². The van der Waals surface area contributed by atoms with Gasteiger partial charge in [-0.1, -0.05) is 42.9 Å². The quantitative estimate of drug-likeness (QED) is 0.521. The third-order valence-corrected chi connectivity index (χ3v) is 3.53. The Morgan fingerprint density at radius 2 is 1.85 bits per heavy atom. The lowest BCUT2D eigenvalue weighted by Gasteiger charge is -2.38. The average Bonchev–Trinajstić information content (AvgIpc) is 2.28. The molecule has 3 rings (SSSR count). The Balaban J connectivity index is 2.09. The van der Waals surface area contributed by atoms with Gasteiger partial charge in [-0.2, -0.15) is 0 Å². The van der Waals surface area contributed by atoms with E-state index in [-0.39, 0.29) is 0 Å². The number of hydrogen-bond acceptors (Lipinski definition) is 0. The second kappa shape index (κ2) is 2.47. The summed E-state index contributed by atoms with van der Waals surface area (Å²) in [7, 11) is 0. The van der Waals surface area contributed by atoms with Gasteiger partial charge in [-0.25, -0.2) is 0 Å². The van der Waals surface area contributed by atoms with E-state index in [4.69, 9.17) is 0 Å². The van der Waals surface area contributed by atoms with E-state index in [2.05, 4.69) is 36.5 Å². The van der Waals surface area contributed by atoms with E-state index in [1.807, 2.05) is 0 Å². The van der Waals surface area contributed by atoms with Crippen LogP contribution in [0.2, 0.25) is 0 Å². The molecule has 0 unspecified atom stereocenters. The van der Waals surface area contributed by atoms with E-state index in [0.29, 0.717) is 5.41 Å². The topological polar surface area (TPSA) is 0 Å².